The van der Waals surface area contributed by atoms with Crippen LogP contribution < -0.4 is 10.1 Å². The van der Waals surface area contributed by atoms with E-state index in [0.29, 0.717) is 18.6 Å². The van der Waals surface area contributed by atoms with Gasteiger partial charge in [-0.1, -0.05) is 0 Å². The summed E-state index contributed by atoms with van der Waals surface area (Å²) in [6, 6.07) is -0.0854. The summed E-state index contributed by atoms with van der Waals surface area (Å²) in [7, 11) is 0. The molecular weight excluding hydrogens is 295 g/mol. The number of nitrogens with zero attached hydrogens (tertiary/aromatic N) is 1. The van der Waals surface area contributed by atoms with Crippen molar-refractivity contribution >= 4 is 22.0 Å². The summed E-state index contributed by atoms with van der Waals surface area (Å²) in [5.41, 5.74) is 0. The van der Waals surface area contributed by atoms with E-state index in [0.717, 1.165) is 6.20 Å². The van der Waals surface area contributed by atoms with Crippen LogP contribution in [0, 0.1) is 5.82 Å². The Kier molecular flexibility index (Phi) is 3.46. The zero-order chi connectivity index (χ0) is 12.4. The van der Waals surface area contributed by atoms with E-state index in [9.17, 15) is 9.18 Å². The molecule has 0 unspecified atom stereocenters. The summed E-state index contributed by atoms with van der Waals surface area (Å²) in [5.74, 6) is -0.147. The minimum atomic E-state index is -1.04. The van der Waals surface area contributed by atoms with E-state index in [1.807, 2.05) is 0 Å². The first kappa shape index (κ1) is 12.1. The Morgan fingerprint density at radius 2 is 2.29 bits per heavy atom. The van der Waals surface area contributed by atoms with Crippen LogP contribution in [0.1, 0.15) is 12.8 Å². The quantitative estimate of drug-likeness (QED) is 0.897. The van der Waals surface area contributed by atoms with Crippen LogP contribution in [0.15, 0.2) is 16.9 Å². The smallest absolute Gasteiger partial charge is 0.404 e. The van der Waals surface area contributed by atoms with Crippen molar-refractivity contribution in [3.05, 3.63) is 22.7 Å². The Bertz CT molecular complexity index is 438. The number of hydrogen-bond donors (Lipinski definition) is 2. The van der Waals surface area contributed by atoms with Crippen LogP contribution in [0.4, 0.5) is 9.18 Å². The molecule has 17 heavy (non-hydrogen) atoms. The summed E-state index contributed by atoms with van der Waals surface area (Å²) in [5, 5.41) is 10.8. The molecule has 0 atom stereocenters. The van der Waals surface area contributed by atoms with Crippen molar-refractivity contribution in [1.29, 1.82) is 0 Å². The number of ether oxygens (including phenoxy) is 1. The molecule has 1 aromatic heterocycles. The maximum atomic E-state index is 13.1. The SMILES string of the molecule is O=C(O)N[C@H]1C[C@H](Oc2cncc(F)c2Br)C1. The Morgan fingerprint density at radius 3 is 2.94 bits per heavy atom. The molecule has 0 bridgehead atoms. The molecule has 1 saturated carbocycles. The molecule has 0 spiro atoms. The van der Waals surface area contributed by atoms with E-state index in [1.165, 1.54) is 6.20 Å². The lowest BCUT2D eigenvalue weighted by molar-refractivity contribution is 0.0820. The zero-order valence-corrected chi connectivity index (χ0v) is 10.3. The van der Waals surface area contributed by atoms with Gasteiger partial charge in [0.25, 0.3) is 0 Å². The summed E-state index contributed by atoms with van der Waals surface area (Å²) < 4.78 is 18.9. The molecule has 7 heteroatoms. The minimum Gasteiger partial charge on any atom is -0.487 e. The molecule has 2 N–H and O–H groups in total. The maximum Gasteiger partial charge on any atom is 0.404 e. The Hall–Kier alpha value is -1.37. The molecule has 1 aliphatic rings. The first-order valence-electron chi connectivity index (χ1n) is 5.01. The van der Waals surface area contributed by atoms with E-state index in [-0.39, 0.29) is 16.6 Å². The Morgan fingerprint density at radius 1 is 1.59 bits per heavy atom. The normalized spacial score (nSPS) is 22.7. The van der Waals surface area contributed by atoms with Crippen LogP contribution in [0.25, 0.3) is 0 Å². The Balaban J connectivity index is 1.88. The van der Waals surface area contributed by atoms with Gasteiger partial charge in [0, 0.05) is 18.9 Å². The van der Waals surface area contributed by atoms with Gasteiger partial charge in [-0.05, 0) is 15.9 Å². The highest BCUT2D eigenvalue weighted by Crippen LogP contribution is 2.31. The predicted octanol–water partition coefficient (Wildman–Crippen LogP) is 2.16. The molecule has 0 saturated heterocycles. The van der Waals surface area contributed by atoms with Gasteiger partial charge in [0.2, 0.25) is 0 Å². The number of rotatable bonds is 3. The summed E-state index contributed by atoms with van der Waals surface area (Å²) in [6.45, 7) is 0. The third kappa shape index (κ3) is 2.85. The van der Waals surface area contributed by atoms with Gasteiger partial charge >= 0.3 is 6.09 Å². The second-order valence-electron chi connectivity index (χ2n) is 3.79. The van der Waals surface area contributed by atoms with Crippen LogP contribution >= 0.6 is 15.9 Å². The van der Waals surface area contributed by atoms with Gasteiger partial charge in [0.15, 0.2) is 11.6 Å². The third-order valence-corrected chi connectivity index (χ3v) is 3.29. The van der Waals surface area contributed by atoms with Crippen molar-refractivity contribution < 1.29 is 19.0 Å². The lowest BCUT2D eigenvalue weighted by Crippen LogP contribution is -2.48. The van der Waals surface area contributed by atoms with Gasteiger partial charge in [0.1, 0.15) is 6.10 Å². The molecule has 1 heterocycles. The Labute approximate surface area is 105 Å². The molecule has 2 rings (SSSR count). The molecule has 0 aliphatic heterocycles. The van der Waals surface area contributed by atoms with E-state index in [4.69, 9.17) is 9.84 Å². The standard InChI is InChI=1S/C10H10BrFN2O3/c11-9-7(12)3-13-4-8(9)17-6-1-5(2-6)14-10(15)16/h3-6,14H,1-2H2,(H,15,16)/t5-,6-. The lowest BCUT2D eigenvalue weighted by Gasteiger charge is -2.35. The molecule has 1 aromatic rings. The molecule has 1 aliphatic carbocycles. The molecule has 0 aromatic carbocycles. The highest BCUT2D eigenvalue weighted by molar-refractivity contribution is 9.10. The molecule has 92 valence electrons. The fourth-order valence-corrected chi connectivity index (χ4v) is 1.92. The van der Waals surface area contributed by atoms with Crippen molar-refractivity contribution in [3.8, 4) is 5.75 Å². The van der Waals surface area contributed by atoms with Crippen LogP contribution in [0.3, 0.4) is 0 Å². The van der Waals surface area contributed by atoms with Gasteiger partial charge in [-0.2, -0.15) is 0 Å². The summed E-state index contributed by atoms with van der Waals surface area (Å²) >= 11 is 3.07. The zero-order valence-electron chi connectivity index (χ0n) is 8.69. The predicted molar refractivity (Wildman–Crippen MR) is 60.5 cm³/mol. The topological polar surface area (TPSA) is 71.5 Å². The van der Waals surface area contributed by atoms with Crippen LogP contribution in [-0.4, -0.2) is 28.3 Å². The van der Waals surface area contributed by atoms with E-state index in [2.05, 4.69) is 26.2 Å². The average Bonchev–Trinajstić information content (AvgIpc) is 2.20. The average molecular weight is 305 g/mol. The number of pyridine rings is 1. The van der Waals surface area contributed by atoms with Crippen LogP contribution in [-0.2, 0) is 0 Å². The number of amides is 1. The van der Waals surface area contributed by atoms with Crippen molar-refractivity contribution in [1.82, 2.24) is 10.3 Å². The number of hydrogen-bond acceptors (Lipinski definition) is 3. The van der Waals surface area contributed by atoms with Gasteiger partial charge in [0.05, 0.1) is 16.9 Å². The highest BCUT2D eigenvalue weighted by atomic mass is 79.9. The fourth-order valence-electron chi connectivity index (χ4n) is 1.62. The fraction of sp³-hybridized carbons (Fsp3) is 0.400. The van der Waals surface area contributed by atoms with E-state index >= 15 is 0 Å². The first-order valence-corrected chi connectivity index (χ1v) is 5.80. The number of carbonyl (C=O) groups is 1. The highest BCUT2D eigenvalue weighted by Gasteiger charge is 2.32. The number of halogens is 2. The first-order chi connectivity index (χ1) is 8.06. The van der Waals surface area contributed by atoms with E-state index < -0.39 is 11.9 Å². The number of carboxylic acid groups (broad SMARTS) is 1. The van der Waals surface area contributed by atoms with Crippen molar-refractivity contribution in [2.75, 3.05) is 0 Å². The molecule has 1 amide bonds. The summed E-state index contributed by atoms with van der Waals surface area (Å²) in [6.07, 6.45) is 2.52. The van der Waals surface area contributed by atoms with Gasteiger partial charge in [-0.25, -0.2) is 9.18 Å². The van der Waals surface area contributed by atoms with Gasteiger partial charge in [-0.3, -0.25) is 4.98 Å². The number of nitrogens with one attached hydrogen (secondary N) is 1. The van der Waals surface area contributed by atoms with Crippen molar-refractivity contribution in [3.63, 3.8) is 0 Å². The number of aromatic nitrogens is 1. The molecular formula is C10H10BrFN2O3. The van der Waals surface area contributed by atoms with Crippen LogP contribution in [0.5, 0.6) is 5.75 Å². The summed E-state index contributed by atoms with van der Waals surface area (Å²) in [4.78, 5) is 14.0. The molecule has 0 radical (unpaired) electrons. The van der Waals surface area contributed by atoms with Gasteiger partial charge in [-0.15, -0.1) is 0 Å². The third-order valence-electron chi connectivity index (χ3n) is 2.52. The minimum absolute atomic E-state index is 0.0854. The van der Waals surface area contributed by atoms with E-state index in [1.54, 1.807) is 0 Å². The van der Waals surface area contributed by atoms with Crippen molar-refractivity contribution in [2.24, 2.45) is 0 Å². The molecule has 1 fully saturated rings. The second kappa shape index (κ2) is 4.87. The van der Waals surface area contributed by atoms with Crippen LogP contribution in [0.2, 0.25) is 0 Å². The lowest BCUT2D eigenvalue weighted by atomic mass is 9.89. The van der Waals surface area contributed by atoms with Gasteiger partial charge < -0.3 is 15.2 Å². The maximum absolute atomic E-state index is 13.1. The second-order valence-corrected chi connectivity index (χ2v) is 4.58. The molecule has 5 nitrogen and oxygen atoms in total. The largest absolute Gasteiger partial charge is 0.487 e. The van der Waals surface area contributed by atoms with Crippen molar-refractivity contribution in [2.45, 2.75) is 25.0 Å². The monoisotopic (exact) mass is 304 g/mol.